The molecule has 0 unspecified atom stereocenters. The fourth-order valence-electron chi connectivity index (χ4n) is 2.43. The van der Waals surface area contributed by atoms with Crippen molar-refractivity contribution in [2.24, 2.45) is 5.92 Å². The molecular weight excluding hydrogens is 274 g/mol. The molecule has 1 N–H and O–H groups in total. The standard InChI is InChI=1S/C14H17N3O4/c1-9-5-13(18)16(14(19)6-9)8-10-3-4-12(17(20)21)11(7-10)15-2/h3-4,7,9,15H,5-6,8H2,1-2H3. The normalized spacial score (nSPS) is 16.2. The summed E-state index contributed by atoms with van der Waals surface area (Å²) in [6.45, 7) is 2.02. The number of hydrogen-bond donors (Lipinski definition) is 1. The molecule has 1 aromatic rings. The van der Waals surface area contributed by atoms with Gasteiger partial charge in [0.05, 0.1) is 11.5 Å². The van der Waals surface area contributed by atoms with E-state index in [2.05, 4.69) is 5.32 Å². The van der Waals surface area contributed by atoms with Crippen LogP contribution in [0.4, 0.5) is 11.4 Å². The van der Waals surface area contributed by atoms with E-state index in [9.17, 15) is 19.7 Å². The first-order chi connectivity index (χ1) is 9.92. The number of carbonyl (C=O) groups is 2. The van der Waals surface area contributed by atoms with Crippen LogP contribution in [0.1, 0.15) is 25.3 Å². The van der Waals surface area contributed by atoms with Gasteiger partial charge in [-0.3, -0.25) is 24.6 Å². The van der Waals surface area contributed by atoms with Crippen LogP contribution in [0.2, 0.25) is 0 Å². The summed E-state index contributed by atoms with van der Waals surface area (Å²) in [4.78, 5) is 35.5. The zero-order valence-corrected chi connectivity index (χ0v) is 12.0. The van der Waals surface area contributed by atoms with Crippen LogP contribution in [0.3, 0.4) is 0 Å². The van der Waals surface area contributed by atoms with Gasteiger partial charge in [0.2, 0.25) is 11.8 Å². The van der Waals surface area contributed by atoms with Gasteiger partial charge in [-0.05, 0) is 17.5 Å². The number of imide groups is 1. The van der Waals surface area contributed by atoms with E-state index in [4.69, 9.17) is 0 Å². The largest absolute Gasteiger partial charge is 0.383 e. The summed E-state index contributed by atoms with van der Waals surface area (Å²) in [7, 11) is 1.59. The van der Waals surface area contributed by atoms with Gasteiger partial charge in [-0.2, -0.15) is 0 Å². The molecule has 1 aliphatic rings. The quantitative estimate of drug-likeness (QED) is 0.519. The summed E-state index contributed by atoms with van der Waals surface area (Å²) in [5.74, 6) is -0.308. The predicted octanol–water partition coefficient (Wildman–Crippen LogP) is 1.92. The van der Waals surface area contributed by atoms with Gasteiger partial charge in [0.15, 0.2) is 0 Å². The Morgan fingerprint density at radius 2 is 1.95 bits per heavy atom. The summed E-state index contributed by atoms with van der Waals surface area (Å²) >= 11 is 0. The first kappa shape index (κ1) is 15.0. The monoisotopic (exact) mass is 291 g/mol. The van der Waals surface area contributed by atoms with E-state index in [1.165, 1.54) is 11.0 Å². The smallest absolute Gasteiger partial charge is 0.292 e. The Balaban J connectivity index is 2.22. The van der Waals surface area contributed by atoms with Crippen LogP contribution in [0.15, 0.2) is 18.2 Å². The van der Waals surface area contributed by atoms with E-state index in [-0.39, 0.29) is 30.0 Å². The fourth-order valence-corrected chi connectivity index (χ4v) is 2.43. The zero-order chi connectivity index (χ0) is 15.6. The van der Waals surface area contributed by atoms with E-state index in [1.807, 2.05) is 6.92 Å². The highest BCUT2D eigenvalue weighted by atomic mass is 16.6. The number of benzene rings is 1. The second kappa shape index (κ2) is 5.90. The van der Waals surface area contributed by atoms with Crippen LogP contribution in [-0.4, -0.2) is 28.7 Å². The molecule has 1 fully saturated rings. The average molecular weight is 291 g/mol. The fraction of sp³-hybridized carbons (Fsp3) is 0.429. The third-order valence-corrected chi connectivity index (χ3v) is 3.52. The number of amides is 2. The molecule has 0 bridgehead atoms. The number of likely N-dealkylation sites (tertiary alicyclic amines) is 1. The van der Waals surface area contributed by atoms with E-state index < -0.39 is 4.92 Å². The van der Waals surface area contributed by atoms with Gasteiger partial charge >= 0.3 is 0 Å². The van der Waals surface area contributed by atoms with Gasteiger partial charge in [0, 0.05) is 26.0 Å². The Hall–Kier alpha value is -2.44. The molecule has 0 atom stereocenters. The molecule has 0 aromatic heterocycles. The number of nitro benzene ring substituents is 1. The van der Waals surface area contributed by atoms with Gasteiger partial charge in [-0.1, -0.05) is 13.0 Å². The second-order valence-electron chi connectivity index (χ2n) is 5.25. The van der Waals surface area contributed by atoms with Gasteiger partial charge in [-0.15, -0.1) is 0 Å². The predicted molar refractivity (Wildman–Crippen MR) is 76.6 cm³/mol. The summed E-state index contributed by atoms with van der Waals surface area (Å²) < 4.78 is 0. The molecule has 1 aromatic carbocycles. The number of rotatable bonds is 4. The van der Waals surface area contributed by atoms with Crippen molar-refractivity contribution in [3.8, 4) is 0 Å². The molecular formula is C14H17N3O4. The number of piperidine rings is 1. The number of nitrogens with zero attached hydrogens (tertiary/aromatic N) is 2. The van der Waals surface area contributed by atoms with Crippen LogP contribution in [0.25, 0.3) is 0 Å². The summed E-state index contributed by atoms with van der Waals surface area (Å²) in [6.07, 6.45) is 0.717. The second-order valence-corrected chi connectivity index (χ2v) is 5.25. The van der Waals surface area contributed by atoms with Crippen LogP contribution >= 0.6 is 0 Å². The molecule has 0 radical (unpaired) electrons. The number of hydrogen-bond acceptors (Lipinski definition) is 5. The maximum absolute atomic E-state index is 11.9. The lowest BCUT2D eigenvalue weighted by atomic mass is 9.97. The van der Waals surface area contributed by atoms with Crippen molar-refractivity contribution in [2.75, 3.05) is 12.4 Å². The van der Waals surface area contributed by atoms with Gasteiger partial charge in [0.25, 0.3) is 5.69 Å². The summed E-state index contributed by atoms with van der Waals surface area (Å²) in [6, 6.07) is 4.54. The van der Waals surface area contributed by atoms with E-state index in [0.717, 1.165) is 0 Å². The zero-order valence-electron chi connectivity index (χ0n) is 12.0. The average Bonchev–Trinajstić information content (AvgIpc) is 2.42. The molecule has 0 spiro atoms. The third kappa shape index (κ3) is 3.18. The summed E-state index contributed by atoms with van der Waals surface area (Å²) in [5.41, 5.74) is 1.01. The SMILES string of the molecule is CNc1cc(CN2C(=O)CC(C)CC2=O)ccc1[N+](=O)[O-]. The Labute approximate surface area is 122 Å². The number of carbonyl (C=O) groups excluding carboxylic acids is 2. The molecule has 21 heavy (non-hydrogen) atoms. The number of anilines is 1. The summed E-state index contributed by atoms with van der Waals surface area (Å²) in [5, 5.41) is 13.6. The molecule has 2 amide bonds. The third-order valence-electron chi connectivity index (χ3n) is 3.52. The minimum absolute atomic E-state index is 0.0360. The maximum atomic E-state index is 11.9. The van der Waals surface area contributed by atoms with Gasteiger partial charge < -0.3 is 5.32 Å². The number of nitrogens with one attached hydrogen (secondary N) is 1. The molecule has 7 nitrogen and oxygen atoms in total. The molecule has 2 rings (SSSR count). The molecule has 1 aliphatic heterocycles. The highest BCUT2D eigenvalue weighted by Crippen LogP contribution is 2.27. The first-order valence-corrected chi connectivity index (χ1v) is 6.70. The molecule has 0 aliphatic carbocycles. The lowest BCUT2D eigenvalue weighted by molar-refractivity contribution is -0.384. The van der Waals surface area contributed by atoms with E-state index in [1.54, 1.807) is 19.2 Å². The van der Waals surface area contributed by atoms with Crippen LogP contribution in [0, 0.1) is 16.0 Å². The minimum Gasteiger partial charge on any atom is -0.383 e. The van der Waals surface area contributed by atoms with Crippen molar-refractivity contribution >= 4 is 23.2 Å². The topological polar surface area (TPSA) is 92.6 Å². The van der Waals surface area contributed by atoms with Gasteiger partial charge in [-0.25, -0.2) is 0 Å². The van der Waals surface area contributed by atoms with Gasteiger partial charge in [0.1, 0.15) is 5.69 Å². The van der Waals surface area contributed by atoms with Crippen molar-refractivity contribution in [1.29, 1.82) is 0 Å². The van der Waals surface area contributed by atoms with Crippen LogP contribution in [0.5, 0.6) is 0 Å². The molecule has 7 heteroatoms. The Bertz CT molecular complexity index is 582. The van der Waals surface area contributed by atoms with E-state index in [0.29, 0.717) is 24.1 Å². The Kier molecular flexibility index (Phi) is 4.21. The molecule has 1 heterocycles. The van der Waals surface area contributed by atoms with Crippen LogP contribution < -0.4 is 5.32 Å². The first-order valence-electron chi connectivity index (χ1n) is 6.70. The highest BCUT2D eigenvalue weighted by molar-refractivity contribution is 5.97. The van der Waals surface area contributed by atoms with Crippen molar-refractivity contribution in [2.45, 2.75) is 26.3 Å². The Morgan fingerprint density at radius 1 is 1.33 bits per heavy atom. The lowest BCUT2D eigenvalue weighted by Crippen LogP contribution is -2.42. The molecule has 0 saturated carbocycles. The lowest BCUT2D eigenvalue weighted by Gasteiger charge is -2.28. The van der Waals surface area contributed by atoms with Crippen molar-refractivity contribution in [1.82, 2.24) is 4.90 Å². The van der Waals surface area contributed by atoms with Crippen molar-refractivity contribution in [3.63, 3.8) is 0 Å². The van der Waals surface area contributed by atoms with Crippen molar-refractivity contribution in [3.05, 3.63) is 33.9 Å². The number of nitro groups is 1. The maximum Gasteiger partial charge on any atom is 0.292 e. The van der Waals surface area contributed by atoms with E-state index >= 15 is 0 Å². The van der Waals surface area contributed by atoms with Crippen LogP contribution in [-0.2, 0) is 16.1 Å². The van der Waals surface area contributed by atoms with Crippen molar-refractivity contribution < 1.29 is 14.5 Å². The molecule has 112 valence electrons. The molecule has 1 saturated heterocycles. The Morgan fingerprint density at radius 3 is 2.48 bits per heavy atom. The minimum atomic E-state index is -0.478. The highest BCUT2D eigenvalue weighted by Gasteiger charge is 2.30.